The third kappa shape index (κ3) is 5.14. The summed E-state index contributed by atoms with van der Waals surface area (Å²) < 4.78 is 0. The van der Waals surface area contributed by atoms with E-state index in [0.717, 1.165) is 62.0 Å². The highest BCUT2D eigenvalue weighted by atomic mass is 16.2. The fourth-order valence-corrected chi connectivity index (χ4v) is 5.15. The lowest BCUT2D eigenvalue weighted by atomic mass is 9.89. The van der Waals surface area contributed by atoms with Crippen LogP contribution in [-0.4, -0.2) is 52.9 Å². The number of anilines is 1. The summed E-state index contributed by atoms with van der Waals surface area (Å²) in [6.45, 7) is 3.22. The number of likely N-dealkylation sites (tertiary alicyclic amines) is 1. The second kappa shape index (κ2) is 9.97. The lowest BCUT2D eigenvalue weighted by molar-refractivity contribution is -0.127. The highest BCUT2D eigenvalue weighted by Crippen LogP contribution is 2.29. The van der Waals surface area contributed by atoms with Crippen LogP contribution in [0.2, 0.25) is 0 Å². The van der Waals surface area contributed by atoms with Gasteiger partial charge in [0.1, 0.15) is 0 Å². The second-order valence-electron chi connectivity index (χ2n) is 9.79. The van der Waals surface area contributed by atoms with Gasteiger partial charge in [-0.2, -0.15) is 0 Å². The number of pyridine rings is 1. The van der Waals surface area contributed by atoms with Crippen LogP contribution in [0.5, 0.6) is 0 Å². The third-order valence-corrected chi connectivity index (χ3v) is 7.37. The van der Waals surface area contributed by atoms with Gasteiger partial charge in [-0.25, -0.2) is 4.79 Å². The standard InChI is InChI=1S/C27H33N5O2/c1-31-14-11-21(12-15-31)26(33)29-24-6-2-19(3-7-24)20-4-8-25(9-5-20)30-27(34)32-17-22-10-13-28-16-23(22)18-32/h2,4-5,8-10,13,16,21,24H,3,6-7,11-12,14-15,17-18H2,1H3,(H,29,33)(H,30,34). The molecule has 3 aliphatic rings. The zero-order chi connectivity index (χ0) is 23.5. The Morgan fingerprint density at radius 3 is 2.47 bits per heavy atom. The van der Waals surface area contributed by atoms with Crippen LogP contribution in [0.4, 0.5) is 10.5 Å². The van der Waals surface area contributed by atoms with Crippen LogP contribution in [0.3, 0.4) is 0 Å². The van der Waals surface area contributed by atoms with Crippen LogP contribution in [0.1, 0.15) is 48.8 Å². The van der Waals surface area contributed by atoms with Crippen LogP contribution in [-0.2, 0) is 17.9 Å². The molecule has 1 saturated heterocycles. The number of allylic oxidation sites excluding steroid dienone is 1. The van der Waals surface area contributed by atoms with E-state index < -0.39 is 0 Å². The van der Waals surface area contributed by atoms with Crippen molar-refractivity contribution in [3.05, 3.63) is 65.5 Å². The van der Waals surface area contributed by atoms with Gasteiger partial charge in [-0.3, -0.25) is 9.78 Å². The number of benzene rings is 1. The van der Waals surface area contributed by atoms with E-state index in [1.807, 2.05) is 24.4 Å². The average molecular weight is 460 g/mol. The minimum atomic E-state index is -0.0935. The van der Waals surface area contributed by atoms with E-state index >= 15 is 0 Å². The number of hydrogen-bond donors (Lipinski definition) is 2. The van der Waals surface area contributed by atoms with Crippen LogP contribution in [0, 0.1) is 5.92 Å². The minimum absolute atomic E-state index is 0.0935. The van der Waals surface area contributed by atoms with Crippen molar-refractivity contribution in [2.75, 3.05) is 25.5 Å². The summed E-state index contributed by atoms with van der Waals surface area (Å²) in [4.78, 5) is 33.5. The van der Waals surface area contributed by atoms with Gasteiger partial charge in [0.05, 0.1) is 0 Å². The van der Waals surface area contributed by atoms with Crippen molar-refractivity contribution in [2.45, 2.75) is 51.2 Å². The van der Waals surface area contributed by atoms with E-state index in [1.54, 1.807) is 11.1 Å². The molecule has 7 heteroatoms. The third-order valence-electron chi connectivity index (χ3n) is 7.37. The molecule has 1 unspecified atom stereocenters. The molecule has 2 aromatic rings. The summed E-state index contributed by atoms with van der Waals surface area (Å²) in [5, 5.41) is 6.29. The molecule has 5 rings (SSSR count). The molecule has 0 bridgehead atoms. The Balaban J connectivity index is 1.11. The lowest BCUT2D eigenvalue weighted by Gasteiger charge is -2.30. The van der Waals surface area contributed by atoms with Crippen molar-refractivity contribution < 1.29 is 9.59 Å². The highest BCUT2D eigenvalue weighted by Gasteiger charge is 2.26. The Labute approximate surface area is 201 Å². The first-order valence-electron chi connectivity index (χ1n) is 12.3. The fourth-order valence-electron chi connectivity index (χ4n) is 5.15. The molecule has 1 aromatic heterocycles. The number of hydrogen-bond acceptors (Lipinski definition) is 4. The smallest absolute Gasteiger partial charge is 0.322 e. The fraction of sp³-hybridized carbons (Fsp3) is 0.444. The predicted octanol–water partition coefficient (Wildman–Crippen LogP) is 4.02. The molecule has 1 atom stereocenters. The van der Waals surface area contributed by atoms with Gasteiger partial charge < -0.3 is 20.4 Å². The van der Waals surface area contributed by atoms with Gasteiger partial charge in [-0.1, -0.05) is 18.2 Å². The highest BCUT2D eigenvalue weighted by molar-refractivity contribution is 5.90. The summed E-state index contributed by atoms with van der Waals surface area (Å²) in [5.74, 6) is 0.392. The van der Waals surface area contributed by atoms with Gasteiger partial charge in [0, 0.05) is 43.1 Å². The van der Waals surface area contributed by atoms with Gasteiger partial charge in [-0.15, -0.1) is 0 Å². The summed E-state index contributed by atoms with van der Waals surface area (Å²) >= 11 is 0. The molecule has 2 aliphatic heterocycles. The van der Waals surface area contributed by atoms with Crippen molar-refractivity contribution in [3.8, 4) is 0 Å². The second-order valence-corrected chi connectivity index (χ2v) is 9.79. The number of nitrogens with one attached hydrogen (secondary N) is 2. The maximum Gasteiger partial charge on any atom is 0.322 e. The monoisotopic (exact) mass is 459 g/mol. The SMILES string of the molecule is CN1CCC(C(=O)NC2CC=C(c3ccc(NC(=O)N4Cc5ccncc5C4)cc3)CC2)CC1. The molecule has 0 radical (unpaired) electrons. The van der Waals surface area contributed by atoms with Crippen molar-refractivity contribution in [1.29, 1.82) is 0 Å². The number of nitrogens with zero attached hydrogens (tertiary/aromatic N) is 3. The summed E-state index contributed by atoms with van der Waals surface area (Å²) in [6.07, 6.45) is 10.6. The van der Waals surface area contributed by atoms with Gasteiger partial charge in [-0.05, 0) is 92.7 Å². The maximum atomic E-state index is 12.7. The van der Waals surface area contributed by atoms with Gasteiger partial charge in [0.15, 0.2) is 0 Å². The molecule has 0 spiro atoms. The summed E-state index contributed by atoms with van der Waals surface area (Å²) in [6, 6.07) is 10.2. The summed E-state index contributed by atoms with van der Waals surface area (Å²) in [5.41, 5.74) is 5.55. The first-order valence-corrected chi connectivity index (χ1v) is 12.3. The van der Waals surface area contributed by atoms with Crippen LogP contribution in [0.25, 0.3) is 5.57 Å². The molecule has 34 heavy (non-hydrogen) atoms. The quantitative estimate of drug-likeness (QED) is 0.724. The Morgan fingerprint density at radius 1 is 1.00 bits per heavy atom. The topological polar surface area (TPSA) is 77.6 Å². The van der Waals surface area contributed by atoms with Crippen molar-refractivity contribution in [3.63, 3.8) is 0 Å². The van der Waals surface area contributed by atoms with Crippen LogP contribution < -0.4 is 10.6 Å². The van der Waals surface area contributed by atoms with Crippen LogP contribution >= 0.6 is 0 Å². The first-order chi connectivity index (χ1) is 16.5. The van der Waals surface area contributed by atoms with E-state index in [-0.39, 0.29) is 23.9 Å². The number of carbonyl (C=O) groups is 2. The van der Waals surface area contributed by atoms with Crippen molar-refractivity contribution in [1.82, 2.24) is 20.1 Å². The number of piperidine rings is 1. The molecular formula is C27H33N5O2. The van der Waals surface area contributed by atoms with Gasteiger partial charge >= 0.3 is 6.03 Å². The van der Waals surface area contributed by atoms with Crippen LogP contribution in [0.15, 0.2) is 48.8 Å². The van der Waals surface area contributed by atoms with E-state index in [4.69, 9.17) is 0 Å². The Hall–Kier alpha value is -3.19. The normalized spacial score (nSPS) is 21.0. The Kier molecular flexibility index (Phi) is 6.63. The molecule has 1 fully saturated rings. The van der Waals surface area contributed by atoms with E-state index in [2.05, 4.69) is 45.8 Å². The molecule has 3 heterocycles. The predicted molar refractivity (Wildman–Crippen MR) is 133 cm³/mol. The first kappa shape index (κ1) is 22.6. The van der Waals surface area contributed by atoms with E-state index in [9.17, 15) is 9.59 Å². The molecule has 7 nitrogen and oxygen atoms in total. The average Bonchev–Trinajstić information content (AvgIpc) is 3.30. The number of aromatic nitrogens is 1. The molecule has 3 amide bonds. The molecule has 178 valence electrons. The largest absolute Gasteiger partial charge is 0.353 e. The van der Waals surface area contributed by atoms with E-state index in [1.165, 1.54) is 11.1 Å². The Bertz CT molecular complexity index is 1050. The molecule has 0 saturated carbocycles. The molecule has 2 N–H and O–H groups in total. The molecular weight excluding hydrogens is 426 g/mol. The lowest BCUT2D eigenvalue weighted by Crippen LogP contribution is -2.43. The van der Waals surface area contributed by atoms with Crippen molar-refractivity contribution in [2.24, 2.45) is 5.92 Å². The maximum absolute atomic E-state index is 12.7. The number of carbonyl (C=O) groups excluding carboxylic acids is 2. The number of urea groups is 1. The van der Waals surface area contributed by atoms with Gasteiger partial charge in [0.2, 0.25) is 5.91 Å². The number of fused-ring (bicyclic) bond motifs is 1. The minimum Gasteiger partial charge on any atom is -0.353 e. The van der Waals surface area contributed by atoms with Gasteiger partial charge in [0.25, 0.3) is 0 Å². The Morgan fingerprint density at radius 2 is 1.76 bits per heavy atom. The molecule has 1 aliphatic carbocycles. The zero-order valence-electron chi connectivity index (χ0n) is 19.8. The number of rotatable bonds is 4. The summed E-state index contributed by atoms with van der Waals surface area (Å²) in [7, 11) is 2.12. The number of amides is 3. The van der Waals surface area contributed by atoms with Crippen molar-refractivity contribution >= 4 is 23.2 Å². The van der Waals surface area contributed by atoms with E-state index in [0.29, 0.717) is 13.1 Å². The molecule has 1 aromatic carbocycles. The zero-order valence-corrected chi connectivity index (χ0v) is 19.8.